The van der Waals surface area contributed by atoms with E-state index in [2.05, 4.69) is 53.9 Å². The second-order valence-electron chi connectivity index (χ2n) is 8.48. The number of hydrogen-bond donors (Lipinski definition) is 2. The normalized spacial score (nSPS) is 16.1. The minimum absolute atomic E-state index is 0.152. The zero-order valence-electron chi connectivity index (χ0n) is 17.1. The molecule has 1 aromatic carbocycles. The molecule has 29 heavy (non-hydrogen) atoms. The van der Waals surface area contributed by atoms with Crippen LogP contribution in [0.4, 0.5) is 5.00 Å². The number of fused-ring (bicyclic) bond motifs is 1. The molecule has 1 unspecified atom stereocenters. The number of rotatable bonds is 5. The highest BCUT2D eigenvalue weighted by Crippen LogP contribution is 2.44. The third-order valence-corrected chi connectivity index (χ3v) is 7.10. The maximum atomic E-state index is 12.9. The van der Waals surface area contributed by atoms with Gasteiger partial charge in [-0.05, 0) is 54.4 Å². The SMILES string of the molecule is C=CCNC(=O)c1c(NC(=O)c2cccc(Br)c2)sc2c1CCC(C(C)(C)C)C2. The van der Waals surface area contributed by atoms with Crippen LogP contribution in [-0.4, -0.2) is 18.4 Å². The third kappa shape index (κ3) is 4.98. The quantitative estimate of drug-likeness (QED) is 0.535. The van der Waals surface area contributed by atoms with Gasteiger partial charge in [0.15, 0.2) is 0 Å². The van der Waals surface area contributed by atoms with Crippen LogP contribution in [0.1, 0.15) is 58.3 Å². The first kappa shape index (κ1) is 21.8. The lowest BCUT2D eigenvalue weighted by atomic mass is 9.72. The molecule has 0 saturated carbocycles. The molecular weight excluding hydrogens is 448 g/mol. The minimum Gasteiger partial charge on any atom is -0.348 e. The summed E-state index contributed by atoms with van der Waals surface area (Å²) < 4.78 is 0.840. The zero-order valence-corrected chi connectivity index (χ0v) is 19.5. The molecule has 1 aliphatic rings. The number of thiophene rings is 1. The fraction of sp³-hybridized carbons (Fsp3) is 0.391. The zero-order chi connectivity index (χ0) is 21.2. The van der Waals surface area contributed by atoms with Crippen molar-refractivity contribution in [3.05, 3.63) is 63.0 Å². The Morgan fingerprint density at radius 2 is 2.07 bits per heavy atom. The molecule has 0 saturated heterocycles. The van der Waals surface area contributed by atoms with E-state index in [-0.39, 0.29) is 17.2 Å². The number of nitrogens with one attached hydrogen (secondary N) is 2. The van der Waals surface area contributed by atoms with Gasteiger partial charge < -0.3 is 10.6 Å². The highest BCUT2D eigenvalue weighted by atomic mass is 79.9. The van der Waals surface area contributed by atoms with Crippen molar-refractivity contribution in [2.75, 3.05) is 11.9 Å². The fourth-order valence-corrected chi connectivity index (χ4v) is 5.43. The van der Waals surface area contributed by atoms with Crippen molar-refractivity contribution in [2.24, 2.45) is 11.3 Å². The van der Waals surface area contributed by atoms with Crippen LogP contribution in [0.25, 0.3) is 0 Å². The molecule has 2 N–H and O–H groups in total. The van der Waals surface area contributed by atoms with Crippen LogP contribution >= 0.6 is 27.3 Å². The molecule has 0 radical (unpaired) electrons. The molecule has 2 amide bonds. The molecule has 154 valence electrons. The van der Waals surface area contributed by atoms with E-state index >= 15 is 0 Å². The van der Waals surface area contributed by atoms with Crippen molar-refractivity contribution < 1.29 is 9.59 Å². The van der Waals surface area contributed by atoms with Gasteiger partial charge in [-0.2, -0.15) is 0 Å². The fourth-order valence-electron chi connectivity index (χ4n) is 3.71. The summed E-state index contributed by atoms with van der Waals surface area (Å²) in [5.74, 6) is 0.197. The average Bonchev–Trinajstić information content (AvgIpc) is 3.02. The van der Waals surface area contributed by atoms with E-state index in [1.807, 2.05) is 12.1 Å². The van der Waals surface area contributed by atoms with Gasteiger partial charge in [-0.25, -0.2) is 0 Å². The molecule has 1 heterocycles. The van der Waals surface area contributed by atoms with Gasteiger partial charge in [-0.1, -0.05) is 48.8 Å². The van der Waals surface area contributed by atoms with Crippen molar-refractivity contribution in [1.82, 2.24) is 5.32 Å². The highest BCUT2D eigenvalue weighted by molar-refractivity contribution is 9.10. The summed E-state index contributed by atoms with van der Waals surface area (Å²) in [7, 11) is 0. The van der Waals surface area contributed by atoms with Crippen molar-refractivity contribution in [3.63, 3.8) is 0 Å². The van der Waals surface area contributed by atoms with Gasteiger partial charge in [0.1, 0.15) is 5.00 Å². The largest absolute Gasteiger partial charge is 0.348 e. The summed E-state index contributed by atoms with van der Waals surface area (Å²) in [5, 5.41) is 6.51. The Kier molecular flexibility index (Phi) is 6.64. The lowest BCUT2D eigenvalue weighted by Crippen LogP contribution is -2.28. The molecular formula is C23H27BrN2O2S. The monoisotopic (exact) mass is 474 g/mol. The molecule has 3 rings (SSSR count). The Morgan fingerprint density at radius 1 is 1.31 bits per heavy atom. The van der Waals surface area contributed by atoms with E-state index in [1.54, 1.807) is 29.5 Å². The molecule has 1 aliphatic carbocycles. The van der Waals surface area contributed by atoms with Gasteiger partial charge in [0.05, 0.1) is 5.56 Å². The molecule has 6 heteroatoms. The average molecular weight is 475 g/mol. The van der Waals surface area contributed by atoms with Crippen LogP contribution in [0.3, 0.4) is 0 Å². The third-order valence-electron chi connectivity index (χ3n) is 5.44. The Balaban J connectivity index is 1.95. The van der Waals surface area contributed by atoms with Gasteiger partial charge >= 0.3 is 0 Å². The van der Waals surface area contributed by atoms with E-state index in [0.29, 0.717) is 28.6 Å². The first-order valence-electron chi connectivity index (χ1n) is 9.81. The predicted octanol–water partition coefficient (Wildman–Crippen LogP) is 5.83. The van der Waals surface area contributed by atoms with Gasteiger partial charge in [-0.15, -0.1) is 17.9 Å². The van der Waals surface area contributed by atoms with Crippen molar-refractivity contribution in [2.45, 2.75) is 40.0 Å². The van der Waals surface area contributed by atoms with Gasteiger partial charge in [0.25, 0.3) is 11.8 Å². The summed E-state index contributed by atoms with van der Waals surface area (Å²) in [6, 6.07) is 7.24. The van der Waals surface area contributed by atoms with Crippen LogP contribution in [0.15, 0.2) is 41.4 Å². The lowest BCUT2D eigenvalue weighted by Gasteiger charge is -2.33. The highest BCUT2D eigenvalue weighted by Gasteiger charge is 2.34. The number of carbonyl (C=O) groups excluding carboxylic acids is 2. The van der Waals surface area contributed by atoms with Crippen LogP contribution in [-0.2, 0) is 12.8 Å². The molecule has 0 bridgehead atoms. The summed E-state index contributed by atoms with van der Waals surface area (Å²) in [5.41, 5.74) is 2.46. The van der Waals surface area contributed by atoms with E-state index in [1.165, 1.54) is 4.88 Å². The summed E-state index contributed by atoms with van der Waals surface area (Å²) >= 11 is 4.94. The molecule has 2 aromatic rings. The number of carbonyl (C=O) groups is 2. The van der Waals surface area contributed by atoms with Crippen molar-refractivity contribution >= 4 is 44.1 Å². The van der Waals surface area contributed by atoms with Gasteiger partial charge in [-0.3, -0.25) is 9.59 Å². The van der Waals surface area contributed by atoms with Crippen LogP contribution in [0.2, 0.25) is 0 Å². The Morgan fingerprint density at radius 3 is 2.72 bits per heavy atom. The Labute approximate surface area is 184 Å². The second kappa shape index (κ2) is 8.84. The molecule has 0 fully saturated rings. The van der Waals surface area contributed by atoms with Crippen LogP contribution in [0, 0.1) is 11.3 Å². The van der Waals surface area contributed by atoms with Crippen LogP contribution in [0.5, 0.6) is 0 Å². The standard InChI is InChI=1S/C23H27BrN2O2S/c1-5-11-25-21(28)19-17-10-9-15(23(2,3)4)13-18(17)29-22(19)26-20(27)14-7-6-8-16(24)12-14/h5-8,12,15H,1,9-11,13H2,2-4H3,(H,25,28)(H,26,27). The first-order valence-corrected chi connectivity index (χ1v) is 11.4. The Hall–Kier alpha value is -1.92. The summed E-state index contributed by atoms with van der Waals surface area (Å²) in [6.07, 6.45) is 4.51. The lowest BCUT2D eigenvalue weighted by molar-refractivity contribution is 0.0957. The smallest absolute Gasteiger partial charge is 0.256 e. The van der Waals surface area contributed by atoms with Gasteiger partial charge in [0, 0.05) is 21.5 Å². The second-order valence-corrected chi connectivity index (χ2v) is 10.5. The van der Waals surface area contributed by atoms with Crippen molar-refractivity contribution in [3.8, 4) is 0 Å². The van der Waals surface area contributed by atoms with Crippen LogP contribution < -0.4 is 10.6 Å². The molecule has 1 aromatic heterocycles. The Bertz CT molecular complexity index is 943. The van der Waals surface area contributed by atoms with Crippen molar-refractivity contribution in [1.29, 1.82) is 0 Å². The number of amides is 2. The van der Waals surface area contributed by atoms with E-state index < -0.39 is 0 Å². The predicted molar refractivity (Wildman–Crippen MR) is 124 cm³/mol. The van der Waals surface area contributed by atoms with E-state index in [0.717, 1.165) is 29.3 Å². The minimum atomic E-state index is -0.213. The maximum Gasteiger partial charge on any atom is 0.256 e. The number of benzene rings is 1. The topological polar surface area (TPSA) is 58.2 Å². The number of hydrogen-bond acceptors (Lipinski definition) is 3. The molecule has 4 nitrogen and oxygen atoms in total. The summed E-state index contributed by atoms with van der Waals surface area (Å²) in [4.78, 5) is 26.9. The number of anilines is 1. The first-order chi connectivity index (χ1) is 13.7. The van der Waals surface area contributed by atoms with Gasteiger partial charge in [0.2, 0.25) is 0 Å². The molecule has 1 atom stereocenters. The maximum absolute atomic E-state index is 12.9. The van der Waals surface area contributed by atoms with E-state index in [9.17, 15) is 9.59 Å². The molecule has 0 spiro atoms. The molecule has 0 aliphatic heterocycles. The number of halogens is 1. The summed E-state index contributed by atoms with van der Waals surface area (Å²) in [6.45, 7) is 10.9. The van der Waals surface area contributed by atoms with E-state index in [4.69, 9.17) is 0 Å².